The van der Waals surface area contributed by atoms with E-state index in [1.807, 2.05) is 58.0 Å². The lowest BCUT2D eigenvalue weighted by Crippen LogP contribution is -2.49. The molecule has 1 amide bonds. The summed E-state index contributed by atoms with van der Waals surface area (Å²) < 4.78 is 5.26. The van der Waals surface area contributed by atoms with Crippen molar-refractivity contribution in [1.82, 2.24) is 15.5 Å². The molecule has 23 heavy (non-hydrogen) atoms. The van der Waals surface area contributed by atoms with Gasteiger partial charge in [-0.1, -0.05) is 56.3 Å². The second-order valence-corrected chi connectivity index (χ2v) is 6.78. The third-order valence-electron chi connectivity index (χ3n) is 3.64. The van der Waals surface area contributed by atoms with Gasteiger partial charge in [0.25, 0.3) is 0 Å². The lowest BCUT2D eigenvalue weighted by Gasteiger charge is -2.26. The fourth-order valence-corrected chi connectivity index (χ4v) is 2.05. The van der Waals surface area contributed by atoms with Crippen LogP contribution < -0.4 is 11.1 Å². The van der Waals surface area contributed by atoms with Gasteiger partial charge in [0.05, 0.1) is 18.5 Å². The Bertz CT molecular complexity index is 646. The van der Waals surface area contributed by atoms with Crippen molar-refractivity contribution in [3.63, 3.8) is 0 Å². The van der Waals surface area contributed by atoms with Gasteiger partial charge in [-0.05, 0) is 17.9 Å². The zero-order valence-electron chi connectivity index (χ0n) is 14.0. The summed E-state index contributed by atoms with van der Waals surface area (Å²) in [4.78, 5) is 16.5. The predicted molar refractivity (Wildman–Crippen MR) is 87.5 cm³/mol. The van der Waals surface area contributed by atoms with Crippen LogP contribution in [0, 0.1) is 5.41 Å². The Kier molecular flexibility index (Phi) is 5.15. The van der Waals surface area contributed by atoms with Crippen molar-refractivity contribution in [2.75, 3.05) is 0 Å². The van der Waals surface area contributed by atoms with E-state index in [0.29, 0.717) is 18.1 Å². The Morgan fingerprint density at radius 3 is 2.57 bits per heavy atom. The molecule has 2 aromatic rings. The van der Waals surface area contributed by atoms with Crippen LogP contribution in [0.1, 0.15) is 51.0 Å². The molecule has 1 aromatic heterocycles. The number of aromatic nitrogens is 2. The molecule has 0 radical (unpaired) electrons. The molecular weight excluding hydrogens is 292 g/mol. The average molecular weight is 316 g/mol. The Hall–Kier alpha value is -2.21. The van der Waals surface area contributed by atoms with Crippen LogP contribution in [0.4, 0.5) is 0 Å². The third-order valence-corrected chi connectivity index (χ3v) is 3.64. The summed E-state index contributed by atoms with van der Waals surface area (Å²) in [5, 5.41) is 6.78. The van der Waals surface area contributed by atoms with Gasteiger partial charge in [0, 0.05) is 0 Å². The van der Waals surface area contributed by atoms with E-state index >= 15 is 0 Å². The molecular formula is C17H24N4O2. The van der Waals surface area contributed by atoms with Crippen LogP contribution in [0.25, 0.3) is 0 Å². The minimum absolute atomic E-state index is 0.223. The van der Waals surface area contributed by atoms with Crippen LogP contribution in [0.3, 0.4) is 0 Å². The minimum Gasteiger partial charge on any atom is -0.345 e. The first kappa shape index (κ1) is 17.1. The van der Waals surface area contributed by atoms with Crippen LogP contribution in [0.2, 0.25) is 0 Å². The number of rotatable bonds is 5. The number of amides is 1. The maximum atomic E-state index is 12.1. The van der Waals surface area contributed by atoms with Crippen LogP contribution in [0.15, 0.2) is 34.9 Å². The number of hydrogen-bond donors (Lipinski definition) is 2. The molecule has 0 aliphatic heterocycles. The standard InChI is InChI=1S/C17H24N4O2/c1-11(19-16(22)14(18)17(2,3)4)15-20-13(23-21-15)10-12-8-6-5-7-9-12/h5-9,11,14H,10,18H2,1-4H3,(H,19,22)/t11?,14-/m1/s1. The Morgan fingerprint density at radius 2 is 1.96 bits per heavy atom. The summed E-state index contributed by atoms with van der Waals surface area (Å²) in [6.07, 6.45) is 0.565. The maximum absolute atomic E-state index is 12.1. The van der Waals surface area contributed by atoms with E-state index < -0.39 is 6.04 Å². The monoisotopic (exact) mass is 316 g/mol. The molecule has 0 fully saturated rings. The lowest BCUT2D eigenvalue weighted by atomic mass is 9.87. The molecule has 1 unspecified atom stereocenters. The SMILES string of the molecule is CC(NC(=O)[C@@H](N)C(C)(C)C)c1noc(Cc2ccccc2)n1. The average Bonchev–Trinajstić information content (AvgIpc) is 2.95. The van der Waals surface area contributed by atoms with Gasteiger partial charge in [0.2, 0.25) is 11.8 Å². The van der Waals surface area contributed by atoms with E-state index in [0.717, 1.165) is 5.56 Å². The highest BCUT2D eigenvalue weighted by Gasteiger charge is 2.29. The highest BCUT2D eigenvalue weighted by Crippen LogP contribution is 2.18. The second-order valence-electron chi connectivity index (χ2n) is 6.78. The number of nitrogens with two attached hydrogens (primary N) is 1. The van der Waals surface area contributed by atoms with Gasteiger partial charge in [-0.2, -0.15) is 4.98 Å². The molecule has 2 atom stereocenters. The zero-order chi connectivity index (χ0) is 17.0. The molecule has 6 heteroatoms. The Balaban J connectivity index is 1.98. The molecule has 124 valence electrons. The van der Waals surface area contributed by atoms with Crippen molar-refractivity contribution in [3.8, 4) is 0 Å². The normalized spacial score (nSPS) is 14.3. The zero-order valence-corrected chi connectivity index (χ0v) is 14.0. The topological polar surface area (TPSA) is 94.0 Å². The number of hydrogen-bond acceptors (Lipinski definition) is 5. The summed E-state index contributed by atoms with van der Waals surface area (Å²) >= 11 is 0. The number of benzene rings is 1. The molecule has 0 saturated heterocycles. The highest BCUT2D eigenvalue weighted by molar-refractivity contribution is 5.82. The predicted octanol–water partition coefficient (Wildman–Crippen LogP) is 2.21. The van der Waals surface area contributed by atoms with Crippen molar-refractivity contribution < 1.29 is 9.32 Å². The third kappa shape index (κ3) is 4.63. The van der Waals surface area contributed by atoms with E-state index in [-0.39, 0.29) is 17.4 Å². The van der Waals surface area contributed by atoms with E-state index in [1.165, 1.54) is 0 Å². The summed E-state index contributed by atoms with van der Waals surface area (Å²) in [6.45, 7) is 7.58. The van der Waals surface area contributed by atoms with Gasteiger partial charge in [-0.3, -0.25) is 4.79 Å². The van der Waals surface area contributed by atoms with E-state index in [1.54, 1.807) is 0 Å². The smallest absolute Gasteiger partial charge is 0.238 e. The first-order chi connectivity index (χ1) is 10.8. The summed E-state index contributed by atoms with van der Waals surface area (Å²) in [5.41, 5.74) is 6.74. The summed E-state index contributed by atoms with van der Waals surface area (Å²) in [6, 6.07) is 8.92. The molecule has 0 spiro atoms. The van der Waals surface area contributed by atoms with Gasteiger partial charge in [-0.25, -0.2) is 0 Å². The molecule has 6 nitrogen and oxygen atoms in total. The van der Waals surface area contributed by atoms with Gasteiger partial charge < -0.3 is 15.6 Å². The molecule has 3 N–H and O–H groups in total. The van der Waals surface area contributed by atoms with Crippen molar-refractivity contribution >= 4 is 5.91 Å². The number of carbonyl (C=O) groups is 1. The van der Waals surface area contributed by atoms with Gasteiger partial charge in [0.1, 0.15) is 0 Å². The second kappa shape index (κ2) is 6.91. The molecule has 2 rings (SSSR count). The van der Waals surface area contributed by atoms with Gasteiger partial charge >= 0.3 is 0 Å². The number of nitrogens with zero attached hydrogens (tertiary/aromatic N) is 2. The van der Waals surface area contributed by atoms with Gasteiger partial charge in [-0.15, -0.1) is 0 Å². The Labute approximate surface area is 136 Å². The molecule has 0 aliphatic carbocycles. The van der Waals surface area contributed by atoms with E-state index in [2.05, 4.69) is 15.5 Å². The van der Waals surface area contributed by atoms with Crippen molar-refractivity contribution in [2.24, 2.45) is 11.1 Å². The van der Waals surface area contributed by atoms with Crippen LogP contribution in [0.5, 0.6) is 0 Å². The molecule has 1 aromatic carbocycles. The Morgan fingerprint density at radius 1 is 1.30 bits per heavy atom. The summed E-state index contributed by atoms with van der Waals surface area (Å²) in [5.74, 6) is 0.747. The quantitative estimate of drug-likeness (QED) is 0.882. The number of nitrogens with one attached hydrogen (secondary N) is 1. The fourth-order valence-electron chi connectivity index (χ4n) is 2.05. The van der Waals surface area contributed by atoms with Crippen molar-refractivity contribution in [1.29, 1.82) is 0 Å². The van der Waals surface area contributed by atoms with Crippen LogP contribution in [-0.4, -0.2) is 22.1 Å². The van der Waals surface area contributed by atoms with Crippen LogP contribution in [-0.2, 0) is 11.2 Å². The maximum Gasteiger partial charge on any atom is 0.238 e. The first-order valence-corrected chi connectivity index (χ1v) is 7.69. The van der Waals surface area contributed by atoms with Crippen molar-refractivity contribution in [2.45, 2.75) is 46.2 Å². The minimum atomic E-state index is -0.597. The first-order valence-electron chi connectivity index (χ1n) is 7.69. The molecule has 0 bridgehead atoms. The molecule has 0 aliphatic rings. The van der Waals surface area contributed by atoms with Gasteiger partial charge in [0.15, 0.2) is 5.82 Å². The van der Waals surface area contributed by atoms with Crippen molar-refractivity contribution in [3.05, 3.63) is 47.6 Å². The lowest BCUT2D eigenvalue weighted by molar-refractivity contribution is -0.125. The van der Waals surface area contributed by atoms with Crippen LogP contribution >= 0.6 is 0 Å². The van der Waals surface area contributed by atoms with E-state index in [4.69, 9.17) is 10.3 Å². The highest BCUT2D eigenvalue weighted by atomic mass is 16.5. The molecule has 1 heterocycles. The summed E-state index contributed by atoms with van der Waals surface area (Å²) in [7, 11) is 0. The molecule has 0 saturated carbocycles. The number of carbonyl (C=O) groups excluding carboxylic acids is 1. The van der Waals surface area contributed by atoms with E-state index in [9.17, 15) is 4.79 Å². The largest absolute Gasteiger partial charge is 0.345 e. The fraction of sp³-hybridized carbons (Fsp3) is 0.471.